The van der Waals surface area contributed by atoms with Gasteiger partial charge in [-0.05, 0) is 42.7 Å². The minimum absolute atomic E-state index is 0. The Labute approximate surface area is 188 Å². The van der Waals surface area contributed by atoms with Crippen molar-refractivity contribution in [3.05, 3.63) is 78.2 Å². The summed E-state index contributed by atoms with van der Waals surface area (Å²) in [7, 11) is 0. The van der Waals surface area contributed by atoms with E-state index in [2.05, 4.69) is 25.7 Å². The number of aliphatic hydroxyl groups is 1. The summed E-state index contributed by atoms with van der Waals surface area (Å²) in [6, 6.07) is 15.5. The first kappa shape index (κ1) is 22.8. The minimum Gasteiger partial charge on any atom is -0.388 e. The summed E-state index contributed by atoms with van der Waals surface area (Å²) in [4.78, 5) is 8.97. The number of nitrogens with one attached hydrogen (secondary N) is 2. The first-order valence-corrected chi connectivity index (χ1v) is 9.46. The number of guanidine groups is 1. The predicted octanol–water partition coefficient (Wildman–Crippen LogP) is 3.06. The average molecular weight is 506 g/mol. The van der Waals surface area contributed by atoms with Crippen molar-refractivity contribution in [1.29, 1.82) is 0 Å². The highest BCUT2D eigenvalue weighted by Gasteiger charge is 2.07. The monoisotopic (exact) mass is 506 g/mol. The molecule has 3 aromatic rings. The molecule has 1 atom stereocenters. The number of aliphatic hydroxyl groups excluding tert-OH is 1. The topological polar surface area (TPSA) is 87.4 Å². The highest BCUT2D eigenvalue weighted by molar-refractivity contribution is 14.0. The van der Waals surface area contributed by atoms with Gasteiger partial charge in [-0.2, -0.15) is 5.10 Å². The van der Waals surface area contributed by atoms with Crippen LogP contribution in [0.2, 0.25) is 0 Å². The number of hydrogen-bond donors (Lipinski definition) is 3. The van der Waals surface area contributed by atoms with E-state index >= 15 is 0 Å². The van der Waals surface area contributed by atoms with Crippen molar-refractivity contribution in [2.45, 2.75) is 26.0 Å². The van der Waals surface area contributed by atoms with Gasteiger partial charge in [0, 0.05) is 31.7 Å². The van der Waals surface area contributed by atoms with E-state index in [1.54, 1.807) is 17.1 Å². The van der Waals surface area contributed by atoms with Crippen molar-refractivity contribution in [2.24, 2.45) is 4.99 Å². The SMILES string of the molecule is CCNC(=NCc1ccnc(-n2cccn2)c1)NCCC(O)c1ccccc1.I. The molecule has 1 aromatic carbocycles. The molecule has 0 radical (unpaired) electrons. The fraction of sp³-hybridized carbons (Fsp3) is 0.286. The second kappa shape index (κ2) is 12.2. The standard InChI is InChI=1S/C21H26N6O.HI/c1-2-22-21(24-13-10-19(28)18-7-4-3-5-8-18)25-16-17-9-12-23-20(15-17)27-14-6-11-26-27;/h3-9,11-12,14-15,19,28H,2,10,13,16H2,1H3,(H2,22,24,25);1H. The van der Waals surface area contributed by atoms with Gasteiger partial charge < -0.3 is 15.7 Å². The van der Waals surface area contributed by atoms with Crippen LogP contribution >= 0.6 is 24.0 Å². The van der Waals surface area contributed by atoms with Crippen LogP contribution in [-0.2, 0) is 6.54 Å². The zero-order valence-corrected chi connectivity index (χ0v) is 18.7. The third kappa shape index (κ3) is 7.13. The second-order valence-corrected chi connectivity index (χ2v) is 6.31. The lowest BCUT2D eigenvalue weighted by atomic mass is 10.1. The molecule has 0 bridgehead atoms. The molecule has 0 saturated heterocycles. The number of benzene rings is 1. The van der Waals surface area contributed by atoms with Crippen molar-refractivity contribution >= 4 is 29.9 Å². The molecule has 7 nitrogen and oxygen atoms in total. The molecule has 0 aliphatic heterocycles. The third-order valence-electron chi connectivity index (χ3n) is 4.21. The molecule has 2 aromatic heterocycles. The fourth-order valence-electron chi connectivity index (χ4n) is 2.77. The highest BCUT2D eigenvalue weighted by Crippen LogP contribution is 2.14. The molecule has 8 heteroatoms. The van der Waals surface area contributed by atoms with Gasteiger partial charge in [-0.3, -0.25) is 0 Å². The lowest BCUT2D eigenvalue weighted by molar-refractivity contribution is 0.168. The first-order valence-electron chi connectivity index (χ1n) is 9.46. The van der Waals surface area contributed by atoms with Gasteiger partial charge in [-0.1, -0.05) is 30.3 Å². The van der Waals surface area contributed by atoms with Gasteiger partial charge in [-0.25, -0.2) is 14.7 Å². The Bertz CT molecular complexity index is 870. The number of nitrogens with zero attached hydrogens (tertiary/aromatic N) is 4. The molecule has 154 valence electrons. The van der Waals surface area contributed by atoms with Crippen LogP contribution in [0.25, 0.3) is 5.82 Å². The molecule has 3 N–H and O–H groups in total. The maximum Gasteiger partial charge on any atom is 0.191 e. The van der Waals surface area contributed by atoms with Gasteiger partial charge in [0.1, 0.15) is 0 Å². The zero-order valence-electron chi connectivity index (χ0n) is 16.4. The molecule has 0 aliphatic rings. The molecule has 0 saturated carbocycles. The highest BCUT2D eigenvalue weighted by atomic mass is 127. The fourth-order valence-corrected chi connectivity index (χ4v) is 2.77. The Morgan fingerprint density at radius 1 is 1.14 bits per heavy atom. The lowest BCUT2D eigenvalue weighted by Gasteiger charge is -2.14. The van der Waals surface area contributed by atoms with Crippen molar-refractivity contribution in [1.82, 2.24) is 25.4 Å². The van der Waals surface area contributed by atoms with Gasteiger partial charge in [0.05, 0.1) is 12.6 Å². The number of pyridine rings is 1. The van der Waals surface area contributed by atoms with E-state index in [4.69, 9.17) is 0 Å². The van der Waals surface area contributed by atoms with E-state index in [1.165, 1.54) is 0 Å². The van der Waals surface area contributed by atoms with Crippen LogP contribution in [0.1, 0.15) is 30.6 Å². The summed E-state index contributed by atoms with van der Waals surface area (Å²) in [6.07, 6.45) is 5.46. The van der Waals surface area contributed by atoms with Gasteiger partial charge in [0.15, 0.2) is 11.8 Å². The van der Waals surface area contributed by atoms with Crippen molar-refractivity contribution in [2.75, 3.05) is 13.1 Å². The van der Waals surface area contributed by atoms with E-state index < -0.39 is 6.10 Å². The average Bonchev–Trinajstić information content (AvgIpc) is 3.28. The molecular weight excluding hydrogens is 479 g/mol. The molecule has 29 heavy (non-hydrogen) atoms. The van der Waals surface area contributed by atoms with Crippen LogP contribution in [0, 0.1) is 0 Å². The van der Waals surface area contributed by atoms with Crippen molar-refractivity contribution < 1.29 is 5.11 Å². The third-order valence-corrected chi connectivity index (χ3v) is 4.21. The van der Waals surface area contributed by atoms with Crippen LogP contribution in [-0.4, -0.2) is 38.9 Å². The van der Waals surface area contributed by atoms with Crippen LogP contribution < -0.4 is 10.6 Å². The van der Waals surface area contributed by atoms with Gasteiger partial charge >= 0.3 is 0 Å². The number of hydrogen-bond acceptors (Lipinski definition) is 4. The molecule has 2 heterocycles. The van der Waals surface area contributed by atoms with Crippen LogP contribution in [0.3, 0.4) is 0 Å². The van der Waals surface area contributed by atoms with E-state index in [-0.39, 0.29) is 24.0 Å². The van der Waals surface area contributed by atoms with Gasteiger partial charge in [-0.15, -0.1) is 24.0 Å². The molecule has 0 fully saturated rings. The molecule has 0 amide bonds. The Morgan fingerprint density at radius 3 is 2.69 bits per heavy atom. The maximum absolute atomic E-state index is 10.3. The van der Waals surface area contributed by atoms with E-state index in [1.807, 2.05) is 61.7 Å². The van der Waals surface area contributed by atoms with E-state index in [0.29, 0.717) is 19.5 Å². The van der Waals surface area contributed by atoms with Crippen LogP contribution in [0.15, 0.2) is 72.1 Å². The molecular formula is C21H27IN6O. The summed E-state index contributed by atoms with van der Waals surface area (Å²) in [5, 5.41) is 21.0. The summed E-state index contributed by atoms with van der Waals surface area (Å²) in [5.74, 6) is 1.49. The molecule has 0 spiro atoms. The summed E-state index contributed by atoms with van der Waals surface area (Å²) in [6.45, 7) is 3.93. The largest absolute Gasteiger partial charge is 0.388 e. The second-order valence-electron chi connectivity index (χ2n) is 6.31. The van der Waals surface area contributed by atoms with Crippen molar-refractivity contribution in [3.63, 3.8) is 0 Å². The van der Waals surface area contributed by atoms with E-state index in [9.17, 15) is 5.11 Å². The van der Waals surface area contributed by atoms with Crippen LogP contribution in [0.5, 0.6) is 0 Å². The number of rotatable bonds is 8. The summed E-state index contributed by atoms with van der Waals surface area (Å²) in [5.41, 5.74) is 1.97. The van der Waals surface area contributed by atoms with E-state index in [0.717, 1.165) is 29.4 Å². The van der Waals surface area contributed by atoms with Crippen molar-refractivity contribution in [3.8, 4) is 5.82 Å². The molecule has 0 aliphatic carbocycles. The van der Waals surface area contributed by atoms with Crippen LogP contribution in [0.4, 0.5) is 0 Å². The summed E-state index contributed by atoms with van der Waals surface area (Å²) < 4.78 is 1.72. The number of aromatic nitrogens is 3. The smallest absolute Gasteiger partial charge is 0.191 e. The van der Waals surface area contributed by atoms with Gasteiger partial charge in [0.25, 0.3) is 0 Å². The first-order chi connectivity index (χ1) is 13.8. The predicted molar refractivity (Wildman–Crippen MR) is 126 cm³/mol. The Morgan fingerprint density at radius 2 is 1.97 bits per heavy atom. The molecule has 1 unspecified atom stereocenters. The zero-order chi connectivity index (χ0) is 19.6. The lowest BCUT2D eigenvalue weighted by Crippen LogP contribution is -2.38. The Balaban J connectivity index is 0.00000300. The van der Waals surface area contributed by atoms with Gasteiger partial charge in [0.2, 0.25) is 0 Å². The Kier molecular flexibility index (Phi) is 9.58. The summed E-state index contributed by atoms with van der Waals surface area (Å²) >= 11 is 0. The minimum atomic E-state index is -0.492. The molecule has 3 rings (SSSR count). The maximum atomic E-state index is 10.3. The Hall–Kier alpha value is -2.46. The normalized spacial score (nSPS) is 12.1. The number of halogens is 1. The number of aliphatic imine (C=N–C) groups is 1. The quantitative estimate of drug-likeness (QED) is 0.249.